The standard InChI is InChI=1S/C14H27N3O3/c1-11(2)9-12(15-3)10-14-16-13(17-20-14)5-6-19-8-7-18-4/h11-12,15H,5-10H2,1-4H3. The van der Waals surface area contributed by atoms with Crippen LogP contribution in [0.25, 0.3) is 0 Å². The Hall–Kier alpha value is -0.980. The van der Waals surface area contributed by atoms with E-state index in [2.05, 4.69) is 29.3 Å². The number of methoxy groups -OCH3 is 1. The molecule has 1 rings (SSSR count). The zero-order chi connectivity index (χ0) is 14.8. The number of nitrogens with zero attached hydrogens (tertiary/aromatic N) is 2. The van der Waals surface area contributed by atoms with Crippen LogP contribution in [-0.4, -0.2) is 50.2 Å². The highest BCUT2D eigenvalue weighted by Gasteiger charge is 2.14. The summed E-state index contributed by atoms with van der Waals surface area (Å²) in [5.41, 5.74) is 0. The van der Waals surface area contributed by atoms with Gasteiger partial charge in [0.2, 0.25) is 5.89 Å². The highest BCUT2D eigenvalue weighted by atomic mass is 16.5. The second kappa shape index (κ2) is 9.85. The summed E-state index contributed by atoms with van der Waals surface area (Å²) in [7, 11) is 3.62. The summed E-state index contributed by atoms with van der Waals surface area (Å²) in [6.07, 6.45) is 2.53. The van der Waals surface area contributed by atoms with Crippen molar-refractivity contribution in [3.63, 3.8) is 0 Å². The average Bonchev–Trinajstić information content (AvgIpc) is 2.85. The van der Waals surface area contributed by atoms with Gasteiger partial charge in [0.25, 0.3) is 0 Å². The van der Waals surface area contributed by atoms with E-state index in [4.69, 9.17) is 14.0 Å². The van der Waals surface area contributed by atoms with Crippen molar-refractivity contribution in [2.75, 3.05) is 34.0 Å². The van der Waals surface area contributed by atoms with Crippen LogP contribution >= 0.6 is 0 Å². The Kier molecular flexibility index (Phi) is 8.41. The van der Waals surface area contributed by atoms with Gasteiger partial charge in [-0.3, -0.25) is 0 Å². The predicted octanol–water partition coefficient (Wildman–Crippen LogP) is 1.45. The van der Waals surface area contributed by atoms with Gasteiger partial charge in [0.1, 0.15) is 0 Å². The van der Waals surface area contributed by atoms with E-state index in [0.717, 1.165) is 12.8 Å². The van der Waals surface area contributed by atoms with Gasteiger partial charge in [0.15, 0.2) is 5.82 Å². The van der Waals surface area contributed by atoms with Gasteiger partial charge in [-0.1, -0.05) is 19.0 Å². The maximum absolute atomic E-state index is 5.38. The van der Waals surface area contributed by atoms with Crippen LogP contribution in [0.15, 0.2) is 4.52 Å². The molecule has 1 aromatic rings. The largest absolute Gasteiger partial charge is 0.382 e. The third-order valence-corrected chi connectivity index (χ3v) is 3.00. The van der Waals surface area contributed by atoms with Gasteiger partial charge >= 0.3 is 0 Å². The molecule has 1 unspecified atom stereocenters. The Labute approximate surface area is 121 Å². The molecule has 0 aliphatic carbocycles. The van der Waals surface area contributed by atoms with E-state index in [9.17, 15) is 0 Å². The van der Waals surface area contributed by atoms with Gasteiger partial charge in [0.05, 0.1) is 19.8 Å². The highest BCUT2D eigenvalue weighted by Crippen LogP contribution is 2.10. The lowest BCUT2D eigenvalue weighted by atomic mass is 10.0. The van der Waals surface area contributed by atoms with Crippen LogP contribution in [0, 0.1) is 5.92 Å². The number of aromatic nitrogens is 2. The van der Waals surface area contributed by atoms with Crippen molar-refractivity contribution in [2.45, 2.75) is 39.2 Å². The number of rotatable bonds is 11. The summed E-state index contributed by atoms with van der Waals surface area (Å²) in [5, 5.41) is 7.27. The third kappa shape index (κ3) is 6.98. The van der Waals surface area contributed by atoms with Crippen molar-refractivity contribution in [3.8, 4) is 0 Å². The van der Waals surface area contributed by atoms with Crippen LogP contribution in [0.1, 0.15) is 32.0 Å². The number of ether oxygens (including phenoxy) is 2. The molecule has 6 nitrogen and oxygen atoms in total. The maximum atomic E-state index is 5.38. The fourth-order valence-corrected chi connectivity index (χ4v) is 1.97. The van der Waals surface area contributed by atoms with E-state index in [0.29, 0.717) is 49.9 Å². The van der Waals surface area contributed by atoms with Crippen LogP contribution < -0.4 is 5.32 Å². The van der Waals surface area contributed by atoms with E-state index >= 15 is 0 Å². The molecule has 0 radical (unpaired) electrons. The van der Waals surface area contributed by atoms with Gasteiger partial charge in [-0.25, -0.2) is 0 Å². The molecule has 116 valence electrons. The molecular weight excluding hydrogens is 258 g/mol. The first kappa shape index (κ1) is 17.1. The molecule has 1 N–H and O–H groups in total. The van der Waals surface area contributed by atoms with E-state index < -0.39 is 0 Å². The molecule has 6 heteroatoms. The minimum Gasteiger partial charge on any atom is -0.382 e. The van der Waals surface area contributed by atoms with Crippen LogP contribution in [0.5, 0.6) is 0 Å². The molecule has 0 saturated heterocycles. The number of nitrogens with one attached hydrogen (secondary N) is 1. The molecular formula is C14H27N3O3. The molecule has 1 aromatic heterocycles. The molecule has 0 fully saturated rings. The quantitative estimate of drug-likeness (QED) is 0.621. The fourth-order valence-electron chi connectivity index (χ4n) is 1.97. The second-order valence-electron chi connectivity index (χ2n) is 5.28. The monoisotopic (exact) mass is 285 g/mol. The predicted molar refractivity (Wildman–Crippen MR) is 76.7 cm³/mol. The lowest BCUT2D eigenvalue weighted by molar-refractivity contribution is 0.0714. The smallest absolute Gasteiger partial charge is 0.228 e. The maximum Gasteiger partial charge on any atom is 0.228 e. The lowest BCUT2D eigenvalue weighted by Crippen LogP contribution is -2.29. The van der Waals surface area contributed by atoms with Crippen molar-refractivity contribution in [3.05, 3.63) is 11.7 Å². The van der Waals surface area contributed by atoms with Crippen LogP contribution in [0.2, 0.25) is 0 Å². The van der Waals surface area contributed by atoms with E-state index in [1.54, 1.807) is 7.11 Å². The van der Waals surface area contributed by atoms with Gasteiger partial charge in [0, 0.05) is 26.0 Å². The van der Waals surface area contributed by atoms with Crippen molar-refractivity contribution in [1.82, 2.24) is 15.5 Å². The average molecular weight is 285 g/mol. The minimum atomic E-state index is 0.376. The molecule has 0 spiro atoms. The number of likely N-dealkylation sites (N-methyl/N-ethyl adjacent to an activating group) is 1. The summed E-state index contributed by atoms with van der Waals surface area (Å²) in [4.78, 5) is 4.39. The van der Waals surface area contributed by atoms with Gasteiger partial charge < -0.3 is 19.3 Å². The highest BCUT2D eigenvalue weighted by molar-refractivity contribution is 4.90. The van der Waals surface area contributed by atoms with Gasteiger partial charge in [-0.15, -0.1) is 0 Å². The fraction of sp³-hybridized carbons (Fsp3) is 0.857. The third-order valence-electron chi connectivity index (χ3n) is 3.00. The van der Waals surface area contributed by atoms with Crippen molar-refractivity contribution in [1.29, 1.82) is 0 Å². The Morgan fingerprint density at radius 1 is 1.25 bits per heavy atom. The van der Waals surface area contributed by atoms with E-state index in [-0.39, 0.29) is 0 Å². The molecule has 1 heterocycles. The number of hydrogen-bond donors (Lipinski definition) is 1. The molecule has 20 heavy (non-hydrogen) atoms. The summed E-state index contributed by atoms with van der Waals surface area (Å²) < 4.78 is 15.6. The SMILES string of the molecule is CNC(Cc1nc(CCOCCOC)no1)CC(C)C. The molecule has 0 bridgehead atoms. The van der Waals surface area contributed by atoms with Crippen LogP contribution in [0.4, 0.5) is 0 Å². The van der Waals surface area contributed by atoms with Crippen LogP contribution in [0.3, 0.4) is 0 Å². The van der Waals surface area contributed by atoms with Gasteiger partial charge in [-0.05, 0) is 19.4 Å². The Morgan fingerprint density at radius 2 is 2.05 bits per heavy atom. The van der Waals surface area contributed by atoms with Crippen molar-refractivity contribution in [2.24, 2.45) is 5.92 Å². The first-order valence-electron chi connectivity index (χ1n) is 7.21. The lowest BCUT2D eigenvalue weighted by Gasteiger charge is -2.15. The van der Waals surface area contributed by atoms with E-state index in [1.807, 2.05) is 7.05 Å². The van der Waals surface area contributed by atoms with Crippen LogP contribution in [-0.2, 0) is 22.3 Å². The summed E-state index contributed by atoms with van der Waals surface area (Å²) in [6.45, 7) is 6.21. The molecule has 0 aliphatic heterocycles. The van der Waals surface area contributed by atoms with E-state index in [1.165, 1.54) is 0 Å². The normalized spacial score (nSPS) is 13.1. The molecule has 0 aromatic carbocycles. The Balaban J connectivity index is 2.31. The topological polar surface area (TPSA) is 69.4 Å². The molecule has 0 saturated carbocycles. The second-order valence-corrected chi connectivity index (χ2v) is 5.28. The van der Waals surface area contributed by atoms with Gasteiger partial charge in [-0.2, -0.15) is 4.98 Å². The Morgan fingerprint density at radius 3 is 2.70 bits per heavy atom. The zero-order valence-corrected chi connectivity index (χ0v) is 13.0. The first-order chi connectivity index (χ1) is 9.65. The summed E-state index contributed by atoms with van der Waals surface area (Å²) in [6, 6.07) is 0.376. The minimum absolute atomic E-state index is 0.376. The summed E-state index contributed by atoms with van der Waals surface area (Å²) >= 11 is 0. The van der Waals surface area contributed by atoms with Crippen molar-refractivity contribution < 1.29 is 14.0 Å². The Bertz CT molecular complexity index is 355. The summed E-state index contributed by atoms with van der Waals surface area (Å²) in [5.74, 6) is 2.04. The first-order valence-corrected chi connectivity index (χ1v) is 7.21. The molecule has 0 amide bonds. The number of hydrogen-bond acceptors (Lipinski definition) is 6. The zero-order valence-electron chi connectivity index (χ0n) is 13.0. The molecule has 0 aliphatic rings. The van der Waals surface area contributed by atoms with Crippen molar-refractivity contribution >= 4 is 0 Å². The molecule has 1 atom stereocenters.